The topological polar surface area (TPSA) is 78.3 Å². The molecule has 3 N–H and O–H groups in total. The lowest BCUT2D eigenvalue weighted by Gasteiger charge is -2.45. The number of benzene rings is 2. The fourth-order valence-corrected chi connectivity index (χ4v) is 4.69. The number of nitrogens with zero attached hydrogens (tertiary/aromatic N) is 2. The smallest absolute Gasteiger partial charge is 0.417 e. The molecule has 0 fully saturated rings. The Hall–Kier alpha value is -3.01. The minimum Gasteiger partial charge on any atom is -0.505 e. The van der Waals surface area contributed by atoms with Gasteiger partial charge in [-0.3, -0.25) is 0 Å². The summed E-state index contributed by atoms with van der Waals surface area (Å²) in [6, 6.07) is 4.55. The van der Waals surface area contributed by atoms with E-state index in [9.17, 15) is 32.2 Å². The lowest BCUT2D eigenvalue weighted by atomic mass is 9.66. The highest BCUT2D eigenvalue weighted by atomic mass is 19.4. The molecule has 1 heterocycles. The number of nitrogens with one attached hydrogen (secondary N) is 1. The maximum absolute atomic E-state index is 14.2. The first-order valence-electron chi connectivity index (χ1n) is 10.4. The van der Waals surface area contributed by atoms with E-state index in [0.717, 1.165) is 12.1 Å². The summed E-state index contributed by atoms with van der Waals surface area (Å²) in [4.78, 5) is 8.07. The first kappa shape index (κ1) is 23.2. The molecule has 3 unspecified atom stereocenters. The van der Waals surface area contributed by atoms with Gasteiger partial charge >= 0.3 is 6.18 Å². The van der Waals surface area contributed by atoms with E-state index in [2.05, 4.69) is 15.3 Å². The Bertz CT molecular complexity index is 1220. The summed E-state index contributed by atoms with van der Waals surface area (Å²) in [6.45, 7) is 2.77. The number of aryl methyl sites for hydroxylation is 1. The predicted octanol–water partition coefficient (Wildman–Crippen LogP) is 5.31. The summed E-state index contributed by atoms with van der Waals surface area (Å²) in [5, 5.41) is 24.3. The van der Waals surface area contributed by atoms with Gasteiger partial charge in [0, 0.05) is 35.3 Å². The number of aromatic hydroxyl groups is 1. The standard InChI is InChI=1S/C23H22F5N3O2/c1-3-12-8-22(33,23(26,27)28)15(13-4-5-17(25)21(32)19(12)13)10-30-18-7-6-16(24)20-14(18)9-29-11(2)31-20/h4-7,9,12,15,30,32-33H,3,8,10H2,1-2H3. The van der Waals surface area contributed by atoms with Gasteiger partial charge in [-0.05, 0) is 49.4 Å². The molecule has 3 atom stereocenters. The summed E-state index contributed by atoms with van der Waals surface area (Å²) in [7, 11) is 0. The van der Waals surface area contributed by atoms with E-state index in [1.165, 1.54) is 18.3 Å². The van der Waals surface area contributed by atoms with Crippen LogP contribution in [-0.4, -0.2) is 38.5 Å². The molecule has 1 aliphatic carbocycles. The molecular weight excluding hydrogens is 445 g/mol. The predicted molar refractivity (Wildman–Crippen MR) is 112 cm³/mol. The van der Waals surface area contributed by atoms with E-state index in [4.69, 9.17) is 0 Å². The van der Waals surface area contributed by atoms with E-state index in [-0.39, 0.29) is 34.1 Å². The normalized spacial score (nSPS) is 22.9. The van der Waals surface area contributed by atoms with Crippen LogP contribution in [0.2, 0.25) is 0 Å². The molecule has 0 saturated carbocycles. The Labute approximate surface area is 186 Å². The second-order valence-electron chi connectivity index (χ2n) is 8.34. The summed E-state index contributed by atoms with van der Waals surface area (Å²) in [5.74, 6) is -4.37. The Morgan fingerprint density at radius 2 is 1.85 bits per heavy atom. The summed E-state index contributed by atoms with van der Waals surface area (Å²) in [6.07, 6.45) is -4.18. The molecular formula is C23H22F5N3O2. The molecule has 10 heteroatoms. The van der Waals surface area contributed by atoms with E-state index in [1.807, 2.05) is 0 Å². The van der Waals surface area contributed by atoms with Gasteiger partial charge in [0.15, 0.2) is 17.2 Å². The van der Waals surface area contributed by atoms with Crippen molar-refractivity contribution in [1.29, 1.82) is 0 Å². The van der Waals surface area contributed by atoms with Crippen molar-refractivity contribution in [2.24, 2.45) is 0 Å². The van der Waals surface area contributed by atoms with E-state index in [1.54, 1.807) is 13.8 Å². The maximum atomic E-state index is 14.2. The molecule has 0 saturated heterocycles. The molecule has 0 amide bonds. The van der Waals surface area contributed by atoms with Crippen LogP contribution < -0.4 is 5.32 Å². The van der Waals surface area contributed by atoms with Crippen molar-refractivity contribution in [2.75, 3.05) is 11.9 Å². The minimum atomic E-state index is -4.99. The van der Waals surface area contributed by atoms with E-state index in [0.29, 0.717) is 5.82 Å². The van der Waals surface area contributed by atoms with Crippen LogP contribution in [0.4, 0.5) is 27.6 Å². The third-order valence-corrected chi connectivity index (χ3v) is 6.42. The molecule has 176 valence electrons. The third kappa shape index (κ3) is 3.76. The second kappa shape index (κ2) is 8.09. The van der Waals surface area contributed by atoms with Crippen LogP contribution in [0.25, 0.3) is 10.9 Å². The molecule has 4 rings (SSSR count). The molecule has 0 spiro atoms. The maximum Gasteiger partial charge on any atom is 0.417 e. The van der Waals surface area contributed by atoms with Gasteiger partial charge in [0.2, 0.25) is 0 Å². The number of alkyl halides is 3. The van der Waals surface area contributed by atoms with E-state index >= 15 is 0 Å². The van der Waals surface area contributed by atoms with Crippen LogP contribution in [0.5, 0.6) is 5.75 Å². The number of anilines is 1. The minimum absolute atomic E-state index is 0.00777. The van der Waals surface area contributed by atoms with Gasteiger partial charge in [0.1, 0.15) is 17.2 Å². The van der Waals surface area contributed by atoms with Gasteiger partial charge in [-0.15, -0.1) is 0 Å². The van der Waals surface area contributed by atoms with Crippen molar-refractivity contribution >= 4 is 16.6 Å². The van der Waals surface area contributed by atoms with Crippen LogP contribution in [-0.2, 0) is 0 Å². The average Bonchev–Trinajstić information content (AvgIpc) is 2.75. The van der Waals surface area contributed by atoms with Crippen molar-refractivity contribution < 1.29 is 32.2 Å². The van der Waals surface area contributed by atoms with Gasteiger partial charge in [-0.25, -0.2) is 18.7 Å². The quantitative estimate of drug-likeness (QED) is 0.454. The van der Waals surface area contributed by atoms with Gasteiger partial charge in [-0.2, -0.15) is 13.2 Å². The van der Waals surface area contributed by atoms with Gasteiger partial charge in [-0.1, -0.05) is 13.0 Å². The Balaban J connectivity index is 1.81. The number of halogens is 5. The molecule has 1 aromatic heterocycles. The third-order valence-electron chi connectivity index (χ3n) is 6.42. The fraction of sp³-hybridized carbons (Fsp3) is 0.391. The lowest BCUT2D eigenvalue weighted by Crippen LogP contribution is -2.55. The average molecular weight is 467 g/mol. The number of aliphatic hydroxyl groups is 1. The lowest BCUT2D eigenvalue weighted by molar-refractivity contribution is -0.274. The zero-order chi connectivity index (χ0) is 24.1. The first-order valence-corrected chi connectivity index (χ1v) is 10.4. The van der Waals surface area contributed by atoms with Crippen molar-refractivity contribution in [3.05, 3.63) is 59.0 Å². The van der Waals surface area contributed by atoms with Crippen molar-refractivity contribution in [2.45, 2.75) is 50.3 Å². The van der Waals surface area contributed by atoms with Crippen LogP contribution in [0.1, 0.15) is 48.6 Å². The van der Waals surface area contributed by atoms with Crippen molar-refractivity contribution in [3.63, 3.8) is 0 Å². The summed E-state index contributed by atoms with van der Waals surface area (Å²) in [5.41, 5.74) is -2.75. The van der Waals surface area contributed by atoms with Crippen molar-refractivity contribution in [3.8, 4) is 5.75 Å². The van der Waals surface area contributed by atoms with E-state index < -0.39 is 54.0 Å². The number of fused-ring (bicyclic) bond motifs is 2. The molecule has 33 heavy (non-hydrogen) atoms. The monoisotopic (exact) mass is 467 g/mol. The number of phenolic OH excluding ortho intramolecular Hbond substituents is 1. The SMILES string of the molecule is CCC1CC(O)(C(F)(F)F)C(CNc2ccc(F)c3nc(C)ncc23)c2ccc(F)c(O)c21. The number of rotatable bonds is 4. The number of aromatic nitrogens is 2. The summed E-state index contributed by atoms with van der Waals surface area (Å²) >= 11 is 0. The molecule has 0 aliphatic heterocycles. The molecule has 1 aliphatic rings. The number of hydrogen-bond acceptors (Lipinski definition) is 5. The molecule has 3 aromatic rings. The molecule has 0 bridgehead atoms. The molecule has 5 nitrogen and oxygen atoms in total. The van der Waals surface area contributed by atoms with Gasteiger partial charge in [0.05, 0.1) is 0 Å². The number of hydrogen-bond donors (Lipinski definition) is 3. The number of phenols is 1. The zero-order valence-electron chi connectivity index (χ0n) is 17.8. The van der Waals surface area contributed by atoms with Crippen LogP contribution in [0, 0.1) is 18.6 Å². The largest absolute Gasteiger partial charge is 0.505 e. The zero-order valence-corrected chi connectivity index (χ0v) is 17.8. The Kier molecular flexibility index (Phi) is 5.68. The fourth-order valence-electron chi connectivity index (χ4n) is 4.69. The highest BCUT2D eigenvalue weighted by Crippen LogP contribution is 2.55. The van der Waals surface area contributed by atoms with Gasteiger partial charge < -0.3 is 15.5 Å². The molecule has 0 radical (unpaired) electrons. The highest BCUT2D eigenvalue weighted by Gasteiger charge is 2.62. The van der Waals surface area contributed by atoms with Crippen LogP contribution >= 0.6 is 0 Å². The second-order valence-corrected chi connectivity index (χ2v) is 8.34. The first-order chi connectivity index (χ1) is 15.5. The Morgan fingerprint density at radius 3 is 2.52 bits per heavy atom. The molecule has 2 aromatic carbocycles. The highest BCUT2D eigenvalue weighted by molar-refractivity contribution is 5.91. The van der Waals surface area contributed by atoms with Crippen molar-refractivity contribution in [1.82, 2.24) is 9.97 Å². The van der Waals surface area contributed by atoms with Gasteiger partial charge in [0.25, 0.3) is 0 Å². The van der Waals surface area contributed by atoms with Crippen LogP contribution in [0.3, 0.4) is 0 Å². The van der Waals surface area contributed by atoms with Crippen LogP contribution in [0.15, 0.2) is 30.5 Å². The Morgan fingerprint density at radius 1 is 1.15 bits per heavy atom. The summed E-state index contributed by atoms with van der Waals surface area (Å²) < 4.78 is 70.7.